The van der Waals surface area contributed by atoms with Gasteiger partial charge in [0.1, 0.15) is 0 Å². The molecule has 0 aromatic rings. The Morgan fingerprint density at radius 2 is 2.00 bits per heavy atom. The zero-order valence-corrected chi connectivity index (χ0v) is 5.93. The molecule has 0 N–H and O–H groups in total. The van der Waals surface area contributed by atoms with Crippen LogP contribution in [0, 0.1) is 5.92 Å². The zero-order valence-electron chi connectivity index (χ0n) is 5.93. The van der Waals surface area contributed by atoms with Crippen molar-refractivity contribution in [2.24, 2.45) is 5.92 Å². The number of ether oxygens (including phenoxy) is 1. The second-order valence-corrected chi connectivity index (χ2v) is 2.93. The molecule has 0 amide bonds. The van der Waals surface area contributed by atoms with E-state index >= 15 is 0 Å². The molecule has 1 nitrogen and oxygen atoms in total. The van der Waals surface area contributed by atoms with Gasteiger partial charge in [0, 0.05) is 6.42 Å². The van der Waals surface area contributed by atoms with Crippen LogP contribution in [-0.4, -0.2) is 12.5 Å². The molecular weight excluding hydrogens is 119 g/mol. The number of hydrogen-bond donors (Lipinski definition) is 0. The van der Waals surface area contributed by atoms with Gasteiger partial charge in [-0.1, -0.05) is 6.92 Å². The summed E-state index contributed by atoms with van der Waals surface area (Å²) >= 11 is 0. The maximum absolute atomic E-state index is 12.5. The molecule has 1 fully saturated rings. The topological polar surface area (TPSA) is 9.23 Å². The van der Waals surface area contributed by atoms with Crippen molar-refractivity contribution in [1.29, 1.82) is 0 Å². The molecule has 0 saturated carbocycles. The van der Waals surface area contributed by atoms with Gasteiger partial charge in [-0.15, -0.1) is 0 Å². The average molecular weight is 132 g/mol. The summed E-state index contributed by atoms with van der Waals surface area (Å²) in [6.45, 7) is 3.98. The minimum absolute atomic E-state index is 0.115. The first-order valence-electron chi connectivity index (χ1n) is 3.48. The molecule has 1 aliphatic rings. The van der Waals surface area contributed by atoms with Crippen LogP contribution in [0.15, 0.2) is 0 Å². The molecule has 0 aliphatic carbocycles. The Kier molecular flexibility index (Phi) is 2.06. The first kappa shape index (κ1) is 7.00. The maximum atomic E-state index is 12.5. The summed E-state index contributed by atoms with van der Waals surface area (Å²) < 4.78 is 17.4. The van der Waals surface area contributed by atoms with E-state index in [4.69, 9.17) is 4.74 Å². The lowest BCUT2D eigenvalue weighted by Gasteiger charge is -2.27. The van der Waals surface area contributed by atoms with Gasteiger partial charge in [-0.05, 0) is 19.3 Å². The number of rotatable bonds is 0. The van der Waals surface area contributed by atoms with E-state index in [9.17, 15) is 4.39 Å². The molecule has 2 heteroatoms. The third-order valence-corrected chi connectivity index (χ3v) is 1.70. The van der Waals surface area contributed by atoms with Crippen molar-refractivity contribution in [3.05, 3.63) is 0 Å². The van der Waals surface area contributed by atoms with E-state index in [1.165, 1.54) is 0 Å². The van der Waals surface area contributed by atoms with Gasteiger partial charge in [-0.25, -0.2) is 4.39 Å². The van der Waals surface area contributed by atoms with Crippen LogP contribution in [0.3, 0.4) is 0 Å². The summed E-state index contributed by atoms with van der Waals surface area (Å²) in [4.78, 5) is 0. The number of hydrogen-bond acceptors (Lipinski definition) is 1. The van der Waals surface area contributed by atoms with E-state index in [0.29, 0.717) is 12.3 Å². The molecule has 1 rings (SSSR count). The van der Waals surface area contributed by atoms with Crippen LogP contribution in [0.25, 0.3) is 0 Å². The van der Waals surface area contributed by atoms with Crippen LogP contribution in [0.5, 0.6) is 0 Å². The predicted octanol–water partition coefficient (Wildman–Crippen LogP) is 2.12. The van der Waals surface area contributed by atoms with Crippen molar-refractivity contribution < 1.29 is 9.13 Å². The van der Waals surface area contributed by atoms with E-state index < -0.39 is 6.36 Å². The maximum Gasteiger partial charge on any atom is 0.199 e. The van der Waals surface area contributed by atoms with Crippen LogP contribution >= 0.6 is 0 Å². The summed E-state index contributed by atoms with van der Waals surface area (Å²) in [6, 6.07) is 0. The Bertz CT molecular complexity index is 69.9. The minimum Gasteiger partial charge on any atom is -0.345 e. The first-order valence-corrected chi connectivity index (χ1v) is 3.48. The summed E-state index contributed by atoms with van der Waals surface area (Å²) in [5, 5.41) is 0. The minimum atomic E-state index is -1.01. The Morgan fingerprint density at radius 1 is 1.33 bits per heavy atom. The standard InChI is InChI=1S/C7H13FO/c1-5-3-6(2)9-7(8)4-5/h5-7H,3-4H2,1-2H3. The lowest BCUT2D eigenvalue weighted by molar-refractivity contribution is -0.124. The Balaban J connectivity index is 2.34. The lowest BCUT2D eigenvalue weighted by Crippen LogP contribution is -2.26. The molecule has 0 bridgehead atoms. The SMILES string of the molecule is CC1CC(C)OC(F)C1. The van der Waals surface area contributed by atoms with Gasteiger partial charge >= 0.3 is 0 Å². The van der Waals surface area contributed by atoms with E-state index in [1.54, 1.807) is 0 Å². The van der Waals surface area contributed by atoms with Crippen molar-refractivity contribution >= 4 is 0 Å². The van der Waals surface area contributed by atoms with Crippen molar-refractivity contribution in [3.63, 3.8) is 0 Å². The van der Waals surface area contributed by atoms with Gasteiger partial charge < -0.3 is 4.74 Å². The molecule has 1 aliphatic heterocycles. The summed E-state index contributed by atoms with van der Waals surface area (Å²) in [5.41, 5.74) is 0. The highest BCUT2D eigenvalue weighted by Crippen LogP contribution is 2.24. The highest BCUT2D eigenvalue weighted by Gasteiger charge is 2.23. The Labute approximate surface area is 55.2 Å². The van der Waals surface area contributed by atoms with Gasteiger partial charge in [-0.3, -0.25) is 0 Å². The van der Waals surface area contributed by atoms with E-state index in [0.717, 1.165) is 6.42 Å². The molecule has 1 saturated heterocycles. The van der Waals surface area contributed by atoms with Crippen LogP contribution < -0.4 is 0 Å². The quantitative estimate of drug-likeness (QED) is 0.490. The van der Waals surface area contributed by atoms with Gasteiger partial charge in [-0.2, -0.15) is 0 Å². The predicted molar refractivity (Wildman–Crippen MR) is 33.8 cm³/mol. The van der Waals surface area contributed by atoms with Crippen LogP contribution in [0.2, 0.25) is 0 Å². The molecule has 3 unspecified atom stereocenters. The second kappa shape index (κ2) is 2.65. The first-order chi connectivity index (χ1) is 4.18. The van der Waals surface area contributed by atoms with Crippen molar-refractivity contribution in [3.8, 4) is 0 Å². The second-order valence-electron chi connectivity index (χ2n) is 2.93. The van der Waals surface area contributed by atoms with Gasteiger partial charge in [0.25, 0.3) is 0 Å². The van der Waals surface area contributed by atoms with Crippen molar-refractivity contribution in [1.82, 2.24) is 0 Å². The molecule has 54 valence electrons. The highest BCUT2D eigenvalue weighted by atomic mass is 19.1. The molecule has 0 radical (unpaired) electrons. The smallest absolute Gasteiger partial charge is 0.199 e. The summed E-state index contributed by atoms with van der Waals surface area (Å²) in [7, 11) is 0. The monoisotopic (exact) mass is 132 g/mol. The van der Waals surface area contributed by atoms with Gasteiger partial charge in [0.05, 0.1) is 6.10 Å². The molecule has 3 atom stereocenters. The fraction of sp³-hybridized carbons (Fsp3) is 1.00. The fourth-order valence-corrected chi connectivity index (χ4v) is 1.34. The normalized spacial score (nSPS) is 45.0. The number of alkyl halides is 1. The van der Waals surface area contributed by atoms with Crippen LogP contribution in [0.1, 0.15) is 26.7 Å². The Morgan fingerprint density at radius 3 is 2.44 bits per heavy atom. The van der Waals surface area contributed by atoms with Gasteiger partial charge in [0.15, 0.2) is 6.36 Å². The average Bonchev–Trinajstić information content (AvgIpc) is 1.59. The zero-order chi connectivity index (χ0) is 6.85. The molecule has 9 heavy (non-hydrogen) atoms. The van der Waals surface area contributed by atoms with E-state index in [1.807, 2.05) is 6.92 Å². The van der Waals surface area contributed by atoms with Crippen LogP contribution in [-0.2, 0) is 4.74 Å². The third kappa shape index (κ3) is 1.94. The highest BCUT2D eigenvalue weighted by molar-refractivity contribution is 4.66. The largest absolute Gasteiger partial charge is 0.345 e. The summed E-state index contributed by atoms with van der Waals surface area (Å²) in [6.07, 6.45) is 0.678. The van der Waals surface area contributed by atoms with Crippen molar-refractivity contribution in [2.75, 3.05) is 0 Å². The van der Waals surface area contributed by atoms with E-state index in [-0.39, 0.29) is 6.10 Å². The fourth-order valence-electron chi connectivity index (χ4n) is 1.34. The number of halogens is 1. The molecule has 1 heterocycles. The van der Waals surface area contributed by atoms with Crippen LogP contribution in [0.4, 0.5) is 4.39 Å². The summed E-state index contributed by atoms with van der Waals surface area (Å²) in [5.74, 6) is 0.490. The van der Waals surface area contributed by atoms with Crippen molar-refractivity contribution in [2.45, 2.75) is 39.2 Å². The lowest BCUT2D eigenvalue weighted by atomic mass is 9.98. The molecular formula is C7H13FO. The van der Waals surface area contributed by atoms with E-state index in [2.05, 4.69) is 6.92 Å². The molecule has 0 aromatic carbocycles. The third-order valence-electron chi connectivity index (χ3n) is 1.70. The Hall–Kier alpha value is -0.110. The molecule has 0 spiro atoms. The molecule has 0 aromatic heterocycles. The van der Waals surface area contributed by atoms with Gasteiger partial charge in [0.2, 0.25) is 0 Å².